The molecule has 2 rings (SSSR count). The molecule has 136 valence electrons. The highest BCUT2D eigenvalue weighted by Crippen LogP contribution is 2.35. The molecule has 0 atom stereocenters. The zero-order chi connectivity index (χ0) is 19.6. The normalized spacial score (nSPS) is 12.3. The summed E-state index contributed by atoms with van der Waals surface area (Å²) in [7, 11) is 0. The van der Waals surface area contributed by atoms with Gasteiger partial charge in [0.25, 0.3) is 5.56 Å². The van der Waals surface area contributed by atoms with Crippen LogP contribution in [0.3, 0.4) is 0 Å². The van der Waals surface area contributed by atoms with E-state index in [4.69, 9.17) is 16.9 Å². The summed E-state index contributed by atoms with van der Waals surface area (Å²) in [5, 5.41) is 13.4. The molecule has 26 heavy (non-hydrogen) atoms. The van der Waals surface area contributed by atoms with Crippen LogP contribution < -0.4 is 5.56 Å². The van der Waals surface area contributed by atoms with Crippen molar-refractivity contribution in [1.82, 2.24) is 4.68 Å². The molecule has 0 spiro atoms. The highest BCUT2D eigenvalue weighted by molar-refractivity contribution is 6.33. The summed E-state index contributed by atoms with van der Waals surface area (Å²) in [5.74, 6) is -0.0474. The van der Waals surface area contributed by atoms with Crippen molar-refractivity contribution in [2.75, 3.05) is 0 Å². The van der Waals surface area contributed by atoms with Crippen LogP contribution in [0, 0.1) is 17.2 Å². The van der Waals surface area contributed by atoms with Crippen LogP contribution in [-0.4, -0.2) is 10.4 Å². The maximum Gasteiger partial charge on any atom is 0.417 e. The molecule has 0 fully saturated rings. The molecule has 0 N–H and O–H groups in total. The van der Waals surface area contributed by atoms with Crippen molar-refractivity contribution in [3.05, 3.63) is 56.8 Å². The van der Waals surface area contributed by atoms with E-state index in [0.717, 1.165) is 10.7 Å². The summed E-state index contributed by atoms with van der Waals surface area (Å²) in [6.45, 7) is 5.31. The lowest BCUT2D eigenvalue weighted by Gasteiger charge is -2.16. The van der Waals surface area contributed by atoms with Crippen molar-refractivity contribution >= 4 is 17.3 Å². The van der Waals surface area contributed by atoms with Crippen molar-refractivity contribution in [2.24, 2.45) is 11.0 Å². The highest BCUT2D eigenvalue weighted by atomic mass is 35.5. The van der Waals surface area contributed by atoms with Crippen molar-refractivity contribution in [1.29, 1.82) is 5.26 Å². The zero-order valence-corrected chi connectivity index (χ0v) is 15.0. The van der Waals surface area contributed by atoms with Crippen LogP contribution in [0.4, 0.5) is 13.2 Å². The second kappa shape index (κ2) is 7.34. The first-order chi connectivity index (χ1) is 12.1. The number of halogens is 4. The van der Waals surface area contributed by atoms with Crippen LogP contribution in [0.2, 0.25) is 5.02 Å². The molecule has 0 saturated carbocycles. The van der Waals surface area contributed by atoms with Crippen LogP contribution in [0.1, 0.15) is 31.9 Å². The standard InChI is InChI=1S/C18H15ClF3N3O/c1-10(2)11(3)24-25-16(12-6-4-5-7-15(12)19)8-14(18(20,21)22)13(9-23)17(25)26/h4-8,10H,1-3H3. The van der Waals surface area contributed by atoms with Gasteiger partial charge in [0, 0.05) is 16.3 Å². The Labute approximate surface area is 153 Å². The summed E-state index contributed by atoms with van der Waals surface area (Å²) in [6, 6.07) is 8.27. The molecule has 0 aliphatic rings. The molecule has 0 amide bonds. The lowest BCUT2D eigenvalue weighted by atomic mass is 10.0. The number of nitriles is 1. The van der Waals surface area contributed by atoms with Gasteiger partial charge in [0.1, 0.15) is 11.6 Å². The largest absolute Gasteiger partial charge is 0.417 e. The van der Waals surface area contributed by atoms with Crippen molar-refractivity contribution in [3.8, 4) is 17.3 Å². The van der Waals surface area contributed by atoms with Crippen LogP contribution in [0.15, 0.2) is 40.2 Å². The van der Waals surface area contributed by atoms with Gasteiger partial charge in [0.15, 0.2) is 0 Å². The summed E-state index contributed by atoms with van der Waals surface area (Å²) >= 11 is 6.11. The molecule has 0 aliphatic heterocycles. The quantitative estimate of drug-likeness (QED) is 0.707. The SMILES string of the molecule is CC(=Nn1c(-c2ccccc2Cl)cc(C(F)(F)F)c(C#N)c1=O)C(C)C. The van der Waals surface area contributed by atoms with Crippen LogP contribution in [0.25, 0.3) is 11.3 Å². The van der Waals surface area contributed by atoms with E-state index >= 15 is 0 Å². The minimum Gasteiger partial charge on any atom is -0.266 e. The van der Waals surface area contributed by atoms with Gasteiger partial charge in [-0.3, -0.25) is 4.79 Å². The molecule has 1 heterocycles. The number of hydrogen-bond acceptors (Lipinski definition) is 3. The molecule has 0 saturated heterocycles. The van der Waals surface area contributed by atoms with Gasteiger partial charge >= 0.3 is 6.18 Å². The predicted molar refractivity (Wildman–Crippen MR) is 94.2 cm³/mol. The third-order valence-corrected chi connectivity index (χ3v) is 4.17. The van der Waals surface area contributed by atoms with E-state index in [1.165, 1.54) is 18.2 Å². The summed E-state index contributed by atoms with van der Waals surface area (Å²) in [5.41, 5.74) is -2.86. The lowest BCUT2D eigenvalue weighted by molar-refractivity contribution is -0.137. The molecule has 0 bridgehead atoms. The van der Waals surface area contributed by atoms with Crippen molar-refractivity contribution in [2.45, 2.75) is 26.9 Å². The van der Waals surface area contributed by atoms with Gasteiger partial charge < -0.3 is 0 Å². The first-order valence-electron chi connectivity index (χ1n) is 7.65. The number of rotatable bonds is 3. The fourth-order valence-corrected chi connectivity index (χ4v) is 2.40. The number of alkyl halides is 3. The fraction of sp³-hybridized carbons (Fsp3) is 0.278. The zero-order valence-electron chi connectivity index (χ0n) is 14.2. The minimum atomic E-state index is -4.86. The second-order valence-electron chi connectivity index (χ2n) is 5.92. The average molecular weight is 382 g/mol. The molecule has 1 aromatic heterocycles. The summed E-state index contributed by atoms with van der Waals surface area (Å²) < 4.78 is 40.9. The molecule has 1 aromatic carbocycles. The molecule has 8 heteroatoms. The summed E-state index contributed by atoms with van der Waals surface area (Å²) in [6.07, 6.45) is -4.86. The van der Waals surface area contributed by atoms with E-state index in [1.807, 2.05) is 13.8 Å². The Morgan fingerprint density at radius 3 is 2.42 bits per heavy atom. The molecule has 2 aromatic rings. The van der Waals surface area contributed by atoms with Crippen molar-refractivity contribution in [3.63, 3.8) is 0 Å². The van der Waals surface area contributed by atoms with Gasteiger partial charge in [-0.1, -0.05) is 43.6 Å². The Hall–Kier alpha value is -2.59. The van der Waals surface area contributed by atoms with Gasteiger partial charge in [0.05, 0.1) is 11.3 Å². The smallest absolute Gasteiger partial charge is 0.266 e. The van der Waals surface area contributed by atoms with E-state index < -0.39 is 22.9 Å². The Bertz CT molecular complexity index is 969. The van der Waals surface area contributed by atoms with Crippen molar-refractivity contribution < 1.29 is 13.2 Å². The number of aromatic nitrogens is 1. The summed E-state index contributed by atoms with van der Waals surface area (Å²) in [4.78, 5) is 12.6. The minimum absolute atomic E-state index is 0.0474. The maximum absolute atomic E-state index is 13.4. The van der Waals surface area contributed by atoms with E-state index in [2.05, 4.69) is 5.10 Å². The maximum atomic E-state index is 13.4. The van der Waals surface area contributed by atoms with E-state index in [1.54, 1.807) is 19.1 Å². The van der Waals surface area contributed by atoms with Gasteiger partial charge in [-0.2, -0.15) is 28.2 Å². The van der Waals surface area contributed by atoms with E-state index in [-0.39, 0.29) is 22.2 Å². The second-order valence-corrected chi connectivity index (χ2v) is 6.33. The Kier molecular flexibility index (Phi) is 5.57. The molecular weight excluding hydrogens is 367 g/mol. The predicted octanol–water partition coefficient (Wildman–Crippen LogP) is 4.94. The number of pyridine rings is 1. The molecule has 0 radical (unpaired) electrons. The molecule has 4 nitrogen and oxygen atoms in total. The van der Waals surface area contributed by atoms with Crippen LogP contribution >= 0.6 is 11.6 Å². The Balaban J connectivity index is 2.99. The first kappa shape index (κ1) is 19.7. The highest BCUT2D eigenvalue weighted by Gasteiger charge is 2.36. The lowest BCUT2D eigenvalue weighted by Crippen LogP contribution is -2.27. The van der Waals surface area contributed by atoms with Gasteiger partial charge in [-0.15, -0.1) is 0 Å². The Morgan fingerprint density at radius 2 is 1.92 bits per heavy atom. The third-order valence-electron chi connectivity index (χ3n) is 3.85. The topological polar surface area (TPSA) is 58.1 Å². The molecular formula is C18H15ClF3N3O. The van der Waals surface area contributed by atoms with Gasteiger partial charge in [-0.25, -0.2) is 0 Å². The van der Waals surface area contributed by atoms with E-state index in [0.29, 0.717) is 5.71 Å². The number of hydrogen-bond donors (Lipinski definition) is 0. The third kappa shape index (κ3) is 3.81. The monoisotopic (exact) mass is 381 g/mol. The first-order valence-corrected chi connectivity index (χ1v) is 8.03. The molecule has 0 aliphatic carbocycles. The number of benzene rings is 1. The van der Waals surface area contributed by atoms with Gasteiger partial charge in [-0.05, 0) is 25.0 Å². The van der Waals surface area contributed by atoms with Crippen LogP contribution in [-0.2, 0) is 6.18 Å². The number of nitrogens with zero attached hydrogens (tertiary/aromatic N) is 3. The van der Waals surface area contributed by atoms with Gasteiger partial charge in [0.2, 0.25) is 0 Å². The fourth-order valence-electron chi connectivity index (χ4n) is 2.17. The Morgan fingerprint density at radius 1 is 1.31 bits per heavy atom. The molecule has 0 unspecified atom stereocenters. The average Bonchev–Trinajstić information content (AvgIpc) is 2.55. The van der Waals surface area contributed by atoms with E-state index in [9.17, 15) is 18.0 Å². The van der Waals surface area contributed by atoms with Crippen LogP contribution in [0.5, 0.6) is 0 Å².